The number of hydrogen-bond acceptors (Lipinski definition) is 2. The Kier molecular flexibility index (Phi) is 4.09. The molecule has 6 heteroatoms. The molecule has 0 aliphatic rings. The summed E-state index contributed by atoms with van der Waals surface area (Å²) in [7, 11) is -3.74. The molecule has 0 saturated heterocycles. The van der Waals surface area contributed by atoms with E-state index < -0.39 is 10.0 Å². The molecule has 3 N–H and O–H groups in total. The zero-order valence-electron chi connectivity index (χ0n) is 10.1. The summed E-state index contributed by atoms with van der Waals surface area (Å²) in [6, 6.07) is 13.1. The summed E-state index contributed by atoms with van der Waals surface area (Å²) in [6.07, 6.45) is 0. The van der Waals surface area contributed by atoms with Crippen LogP contribution in [0.4, 0.5) is 5.69 Å². The van der Waals surface area contributed by atoms with E-state index in [1.807, 2.05) is 0 Å². The highest BCUT2D eigenvalue weighted by molar-refractivity contribution is 7.94. The Labute approximate surface area is 117 Å². The van der Waals surface area contributed by atoms with E-state index in [1.54, 1.807) is 36.4 Å². The van der Waals surface area contributed by atoms with Gasteiger partial charge in [0, 0.05) is 10.6 Å². The molecule has 0 bridgehead atoms. The fourth-order valence-electron chi connectivity index (χ4n) is 1.54. The summed E-state index contributed by atoms with van der Waals surface area (Å²) in [4.78, 5) is 0.143. The number of halogens is 1. The third-order valence-corrected chi connectivity index (χ3v) is 4.21. The van der Waals surface area contributed by atoms with Crippen LogP contribution in [0.1, 0.15) is 5.56 Å². The summed E-state index contributed by atoms with van der Waals surface area (Å²) in [6.45, 7) is 0.613. The van der Waals surface area contributed by atoms with Crippen molar-refractivity contribution in [3.8, 4) is 0 Å². The highest BCUT2D eigenvalue weighted by Gasteiger charge is 2.05. The molecule has 0 radical (unpaired) electrons. The number of hydrogen-bond donors (Lipinski definition) is 1. The molecule has 2 aromatic rings. The van der Waals surface area contributed by atoms with Crippen molar-refractivity contribution >= 4 is 27.3 Å². The van der Waals surface area contributed by atoms with Gasteiger partial charge >= 0.3 is 0 Å². The lowest BCUT2D eigenvalue weighted by Crippen LogP contribution is -2.47. The summed E-state index contributed by atoms with van der Waals surface area (Å²) >= 11 is 5.90. The van der Waals surface area contributed by atoms with Gasteiger partial charge in [0.2, 0.25) is 0 Å². The van der Waals surface area contributed by atoms with E-state index in [1.165, 1.54) is 12.1 Å². The van der Waals surface area contributed by atoms with Crippen LogP contribution >= 0.6 is 11.6 Å². The summed E-state index contributed by atoms with van der Waals surface area (Å²) in [5.41, 5.74) is 4.95. The Bertz CT molecular complexity index is 669. The van der Waals surface area contributed by atoms with Crippen molar-refractivity contribution in [1.82, 2.24) is 0 Å². The van der Waals surface area contributed by atoms with Crippen LogP contribution in [0.2, 0.25) is 5.02 Å². The standard InChI is InChI=1S/C13H12ClN2O2S/c14-12-3-1-2-4-13(12)16-19(17,18)11-7-5-10(9-15)6-8-11/h1-8H,9,15H2/q-1/p+1. The number of nitrogens with zero attached hydrogens (tertiary/aromatic N) is 1. The first-order valence-corrected chi connectivity index (χ1v) is 7.45. The van der Waals surface area contributed by atoms with Crippen LogP contribution in [0.25, 0.3) is 4.72 Å². The predicted octanol–water partition coefficient (Wildman–Crippen LogP) is 2.48. The quantitative estimate of drug-likeness (QED) is 0.941. The Morgan fingerprint density at radius 1 is 1.05 bits per heavy atom. The Morgan fingerprint density at radius 3 is 2.26 bits per heavy atom. The Morgan fingerprint density at radius 2 is 1.68 bits per heavy atom. The van der Waals surface area contributed by atoms with Gasteiger partial charge in [0.05, 0.1) is 11.4 Å². The molecule has 0 unspecified atom stereocenters. The maximum Gasteiger partial charge on any atom is 0.123 e. The van der Waals surface area contributed by atoms with Crippen LogP contribution in [0.5, 0.6) is 0 Å². The monoisotopic (exact) mass is 296 g/mol. The molecular weight excluding hydrogens is 284 g/mol. The van der Waals surface area contributed by atoms with Crippen LogP contribution < -0.4 is 5.73 Å². The second-order valence-corrected chi connectivity index (χ2v) is 5.92. The predicted molar refractivity (Wildman–Crippen MR) is 74.7 cm³/mol. The zero-order valence-corrected chi connectivity index (χ0v) is 11.7. The lowest BCUT2D eigenvalue weighted by molar-refractivity contribution is -0.386. The van der Waals surface area contributed by atoms with E-state index >= 15 is 0 Å². The Hall–Kier alpha value is -1.56. The van der Waals surface area contributed by atoms with E-state index in [4.69, 9.17) is 11.6 Å². The molecule has 19 heavy (non-hydrogen) atoms. The minimum Gasteiger partial charge on any atom is -0.572 e. The van der Waals surface area contributed by atoms with Crippen molar-refractivity contribution in [1.29, 1.82) is 0 Å². The number of quaternary nitrogens is 1. The van der Waals surface area contributed by atoms with Crippen molar-refractivity contribution in [2.24, 2.45) is 0 Å². The topological polar surface area (TPSA) is 75.9 Å². The summed E-state index contributed by atoms with van der Waals surface area (Å²) in [5.74, 6) is 0. The van der Waals surface area contributed by atoms with Gasteiger partial charge in [-0.15, -0.1) is 5.69 Å². The van der Waals surface area contributed by atoms with E-state index in [0.29, 0.717) is 11.6 Å². The highest BCUT2D eigenvalue weighted by Crippen LogP contribution is 2.33. The van der Waals surface area contributed by atoms with Gasteiger partial charge in [0.15, 0.2) is 0 Å². The molecule has 0 aliphatic carbocycles. The highest BCUT2D eigenvalue weighted by atomic mass is 35.5. The van der Waals surface area contributed by atoms with Gasteiger partial charge in [-0.1, -0.05) is 41.9 Å². The van der Waals surface area contributed by atoms with E-state index in [0.717, 1.165) is 5.56 Å². The average Bonchev–Trinajstić information content (AvgIpc) is 2.41. The molecule has 2 rings (SSSR count). The molecule has 0 aliphatic heterocycles. The first-order chi connectivity index (χ1) is 9.03. The van der Waals surface area contributed by atoms with Crippen molar-refractivity contribution < 1.29 is 14.2 Å². The normalized spacial score (nSPS) is 11.3. The van der Waals surface area contributed by atoms with Crippen LogP contribution in [-0.4, -0.2) is 8.42 Å². The molecular formula is C13H13ClN2O2S. The van der Waals surface area contributed by atoms with Gasteiger partial charge in [-0.2, -0.15) is 0 Å². The maximum absolute atomic E-state index is 12.1. The Balaban J connectivity index is 2.30. The molecule has 0 fully saturated rings. The van der Waals surface area contributed by atoms with Gasteiger partial charge in [-0.3, -0.25) is 0 Å². The minimum absolute atomic E-state index is 0.143. The lowest BCUT2D eigenvalue weighted by Gasteiger charge is -2.23. The fraction of sp³-hybridized carbons (Fsp3) is 0.0769. The van der Waals surface area contributed by atoms with Gasteiger partial charge in [-0.05, 0) is 18.2 Å². The first kappa shape index (κ1) is 13.9. The second kappa shape index (κ2) is 5.61. The van der Waals surface area contributed by atoms with Crippen molar-refractivity contribution in [2.75, 3.05) is 0 Å². The molecule has 4 nitrogen and oxygen atoms in total. The van der Waals surface area contributed by atoms with Crippen LogP contribution in [0.15, 0.2) is 53.4 Å². The number of rotatable bonds is 4. The lowest BCUT2D eigenvalue weighted by atomic mass is 10.2. The van der Waals surface area contributed by atoms with Gasteiger partial charge in [-0.25, -0.2) is 8.42 Å². The average molecular weight is 297 g/mol. The summed E-state index contributed by atoms with van der Waals surface area (Å²) in [5, 5.41) is 0.306. The van der Waals surface area contributed by atoms with Crippen LogP contribution in [0.3, 0.4) is 0 Å². The maximum atomic E-state index is 12.1. The molecule has 0 amide bonds. The van der Waals surface area contributed by atoms with Gasteiger partial charge in [0.25, 0.3) is 0 Å². The largest absolute Gasteiger partial charge is 0.572 e. The van der Waals surface area contributed by atoms with Crippen molar-refractivity contribution in [3.63, 3.8) is 0 Å². The first-order valence-electron chi connectivity index (χ1n) is 5.63. The molecule has 0 saturated carbocycles. The molecule has 2 aromatic carbocycles. The smallest absolute Gasteiger partial charge is 0.123 e. The fourth-order valence-corrected chi connectivity index (χ4v) is 2.77. The van der Waals surface area contributed by atoms with Crippen LogP contribution in [-0.2, 0) is 16.6 Å². The van der Waals surface area contributed by atoms with E-state index in [-0.39, 0.29) is 10.6 Å². The van der Waals surface area contributed by atoms with Crippen molar-refractivity contribution in [2.45, 2.75) is 11.4 Å². The molecule has 0 spiro atoms. The second-order valence-electron chi connectivity index (χ2n) is 3.91. The minimum atomic E-state index is -3.74. The molecule has 100 valence electrons. The van der Waals surface area contributed by atoms with Gasteiger partial charge < -0.3 is 10.5 Å². The SMILES string of the molecule is [NH3+]Cc1ccc(S(=O)(=O)[N-]c2ccccc2Cl)cc1. The van der Waals surface area contributed by atoms with E-state index in [9.17, 15) is 8.42 Å². The third kappa shape index (κ3) is 3.26. The zero-order chi connectivity index (χ0) is 13.9. The molecule has 0 heterocycles. The van der Waals surface area contributed by atoms with E-state index in [2.05, 4.69) is 10.5 Å². The summed E-state index contributed by atoms with van der Waals surface area (Å²) < 4.78 is 28.0. The van der Waals surface area contributed by atoms with Crippen LogP contribution in [0, 0.1) is 0 Å². The van der Waals surface area contributed by atoms with Gasteiger partial charge in [0.1, 0.15) is 10.0 Å². The number of sulfonamides is 1. The molecule has 0 atom stereocenters. The molecule has 0 aromatic heterocycles. The van der Waals surface area contributed by atoms with Crippen molar-refractivity contribution in [3.05, 3.63) is 63.8 Å². The third-order valence-electron chi connectivity index (χ3n) is 2.58. The number of benzene rings is 2.